The van der Waals surface area contributed by atoms with Gasteiger partial charge in [0.25, 0.3) is 0 Å². The van der Waals surface area contributed by atoms with Gasteiger partial charge in [0.05, 0.1) is 12.5 Å². The number of carbonyl (C=O) groups is 1. The second-order valence-corrected chi connectivity index (χ2v) is 5.63. The van der Waals surface area contributed by atoms with Gasteiger partial charge < -0.3 is 9.47 Å². The molecule has 0 saturated carbocycles. The molecule has 1 saturated heterocycles. The zero-order valence-corrected chi connectivity index (χ0v) is 13.1. The normalized spacial score (nSPS) is 19.2. The summed E-state index contributed by atoms with van der Waals surface area (Å²) in [5, 5.41) is 0.704. The number of piperidine rings is 1. The summed E-state index contributed by atoms with van der Waals surface area (Å²) in [6, 6.07) is 7.35. The van der Waals surface area contributed by atoms with Crippen LogP contribution >= 0.6 is 11.6 Å². The molecule has 1 aliphatic heterocycles. The monoisotopic (exact) mass is 311 g/mol. The molecule has 0 amide bonds. The van der Waals surface area contributed by atoms with Gasteiger partial charge >= 0.3 is 5.97 Å². The topological polar surface area (TPSA) is 38.8 Å². The molecule has 1 aliphatic rings. The van der Waals surface area contributed by atoms with E-state index >= 15 is 0 Å². The van der Waals surface area contributed by atoms with Crippen LogP contribution in [0.15, 0.2) is 24.3 Å². The highest BCUT2D eigenvalue weighted by molar-refractivity contribution is 6.30. The molecule has 4 nitrogen and oxygen atoms in total. The molecule has 1 aromatic carbocycles. The molecule has 1 atom stereocenters. The number of esters is 1. The minimum atomic E-state index is -0.0687. The zero-order valence-electron chi connectivity index (χ0n) is 12.4. The van der Waals surface area contributed by atoms with Gasteiger partial charge in [0.1, 0.15) is 12.4 Å². The molecular formula is C16H22ClNO3. The van der Waals surface area contributed by atoms with E-state index in [1.165, 1.54) is 0 Å². The van der Waals surface area contributed by atoms with Crippen molar-refractivity contribution in [3.63, 3.8) is 0 Å². The first-order chi connectivity index (χ1) is 10.2. The van der Waals surface area contributed by atoms with Crippen molar-refractivity contribution in [2.75, 3.05) is 32.8 Å². The number of hydrogen-bond acceptors (Lipinski definition) is 4. The largest absolute Gasteiger partial charge is 0.492 e. The Kier molecular flexibility index (Phi) is 6.33. The average Bonchev–Trinajstić information content (AvgIpc) is 2.50. The van der Waals surface area contributed by atoms with E-state index in [0.717, 1.165) is 38.2 Å². The summed E-state index contributed by atoms with van der Waals surface area (Å²) >= 11 is 5.83. The summed E-state index contributed by atoms with van der Waals surface area (Å²) in [4.78, 5) is 14.0. The number of likely N-dealkylation sites (tertiary alicyclic amines) is 1. The van der Waals surface area contributed by atoms with E-state index in [-0.39, 0.29) is 11.9 Å². The van der Waals surface area contributed by atoms with Gasteiger partial charge in [0.2, 0.25) is 0 Å². The lowest BCUT2D eigenvalue weighted by Crippen LogP contribution is -2.41. The van der Waals surface area contributed by atoms with Gasteiger partial charge in [-0.05, 0) is 50.6 Å². The second-order valence-electron chi connectivity index (χ2n) is 5.19. The molecule has 1 aromatic rings. The summed E-state index contributed by atoms with van der Waals surface area (Å²) in [7, 11) is 0. The molecule has 21 heavy (non-hydrogen) atoms. The van der Waals surface area contributed by atoms with E-state index < -0.39 is 0 Å². The van der Waals surface area contributed by atoms with Crippen LogP contribution in [0.1, 0.15) is 19.8 Å². The number of nitrogens with zero attached hydrogens (tertiary/aromatic N) is 1. The number of hydrogen-bond donors (Lipinski definition) is 0. The molecule has 0 radical (unpaired) electrons. The number of halogens is 1. The zero-order chi connectivity index (χ0) is 15.1. The van der Waals surface area contributed by atoms with E-state index in [9.17, 15) is 4.79 Å². The number of rotatable bonds is 6. The van der Waals surface area contributed by atoms with E-state index in [1.807, 2.05) is 31.2 Å². The predicted molar refractivity (Wildman–Crippen MR) is 82.7 cm³/mol. The smallest absolute Gasteiger partial charge is 0.310 e. The Morgan fingerprint density at radius 2 is 2.14 bits per heavy atom. The fraction of sp³-hybridized carbons (Fsp3) is 0.562. The Labute approximate surface area is 131 Å². The van der Waals surface area contributed by atoms with Crippen LogP contribution in [0.25, 0.3) is 0 Å². The van der Waals surface area contributed by atoms with Crippen LogP contribution in [0.3, 0.4) is 0 Å². The molecule has 116 valence electrons. The van der Waals surface area contributed by atoms with Gasteiger partial charge in [-0.3, -0.25) is 9.69 Å². The number of carbonyl (C=O) groups excluding carboxylic acids is 1. The van der Waals surface area contributed by atoms with Crippen molar-refractivity contribution >= 4 is 17.6 Å². The van der Waals surface area contributed by atoms with E-state index in [2.05, 4.69) is 4.90 Å². The van der Waals surface area contributed by atoms with Gasteiger partial charge in [-0.15, -0.1) is 0 Å². The predicted octanol–water partition coefficient (Wildman–Crippen LogP) is 2.99. The molecule has 2 rings (SSSR count). The molecule has 0 unspecified atom stereocenters. The minimum absolute atomic E-state index is 0.00855. The fourth-order valence-electron chi connectivity index (χ4n) is 2.53. The van der Waals surface area contributed by atoms with Crippen molar-refractivity contribution in [2.45, 2.75) is 19.8 Å². The Hall–Kier alpha value is -1.26. The first kappa shape index (κ1) is 16.1. The first-order valence-corrected chi connectivity index (χ1v) is 7.84. The highest BCUT2D eigenvalue weighted by Crippen LogP contribution is 2.18. The number of ether oxygens (including phenoxy) is 2. The SMILES string of the molecule is CCOC(=O)[C@H]1CCCN(CCOc2ccc(Cl)cc2)C1. The summed E-state index contributed by atoms with van der Waals surface area (Å²) in [5.41, 5.74) is 0. The summed E-state index contributed by atoms with van der Waals surface area (Å²) in [5.74, 6) is 0.758. The lowest BCUT2D eigenvalue weighted by Gasteiger charge is -2.31. The molecule has 0 aromatic heterocycles. The van der Waals surface area contributed by atoms with Crippen LogP contribution in [0.4, 0.5) is 0 Å². The first-order valence-electron chi connectivity index (χ1n) is 7.46. The third-order valence-corrected chi connectivity index (χ3v) is 3.87. The third-order valence-electron chi connectivity index (χ3n) is 3.62. The van der Waals surface area contributed by atoms with Crippen molar-refractivity contribution in [3.8, 4) is 5.75 Å². The Morgan fingerprint density at radius 3 is 2.86 bits per heavy atom. The Balaban J connectivity index is 1.72. The minimum Gasteiger partial charge on any atom is -0.492 e. The molecule has 1 heterocycles. The maximum absolute atomic E-state index is 11.8. The second kappa shape index (κ2) is 8.25. The standard InChI is InChI=1S/C16H22ClNO3/c1-2-20-16(19)13-4-3-9-18(12-13)10-11-21-15-7-5-14(17)6-8-15/h5-8,13H,2-4,9-12H2,1H3/t13-/m0/s1. The number of benzene rings is 1. The maximum Gasteiger partial charge on any atom is 0.310 e. The summed E-state index contributed by atoms with van der Waals surface area (Å²) < 4.78 is 10.8. The van der Waals surface area contributed by atoms with Crippen LogP contribution in [-0.2, 0) is 9.53 Å². The van der Waals surface area contributed by atoms with E-state index in [0.29, 0.717) is 18.2 Å². The summed E-state index contributed by atoms with van der Waals surface area (Å²) in [6.45, 7) is 5.51. The quantitative estimate of drug-likeness (QED) is 0.757. The van der Waals surface area contributed by atoms with Crippen LogP contribution in [0.5, 0.6) is 5.75 Å². The van der Waals surface area contributed by atoms with Crippen LogP contribution in [0, 0.1) is 5.92 Å². The van der Waals surface area contributed by atoms with Gasteiger partial charge in [-0.25, -0.2) is 0 Å². The molecular weight excluding hydrogens is 290 g/mol. The lowest BCUT2D eigenvalue weighted by atomic mass is 9.98. The van der Waals surface area contributed by atoms with E-state index in [1.54, 1.807) is 0 Å². The molecule has 0 N–H and O–H groups in total. The van der Waals surface area contributed by atoms with Gasteiger partial charge in [0, 0.05) is 18.1 Å². The van der Waals surface area contributed by atoms with Crippen LogP contribution in [0.2, 0.25) is 5.02 Å². The lowest BCUT2D eigenvalue weighted by molar-refractivity contribution is -0.150. The van der Waals surface area contributed by atoms with Crippen molar-refractivity contribution in [2.24, 2.45) is 5.92 Å². The average molecular weight is 312 g/mol. The third kappa shape index (κ3) is 5.21. The molecule has 0 spiro atoms. The van der Waals surface area contributed by atoms with E-state index in [4.69, 9.17) is 21.1 Å². The molecule has 1 fully saturated rings. The molecule has 0 aliphatic carbocycles. The van der Waals surface area contributed by atoms with Crippen molar-refractivity contribution in [3.05, 3.63) is 29.3 Å². The highest BCUT2D eigenvalue weighted by atomic mass is 35.5. The van der Waals surface area contributed by atoms with Crippen molar-refractivity contribution in [1.29, 1.82) is 0 Å². The molecule has 0 bridgehead atoms. The van der Waals surface area contributed by atoms with Gasteiger partial charge in [0.15, 0.2) is 0 Å². The Morgan fingerprint density at radius 1 is 1.38 bits per heavy atom. The fourth-order valence-corrected chi connectivity index (χ4v) is 2.66. The van der Waals surface area contributed by atoms with Crippen molar-refractivity contribution in [1.82, 2.24) is 4.90 Å². The highest BCUT2D eigenvalue weighted by Gasteiger charge is 2.26. The summed E-state index contributed by atoms with van der Waals surface area (Å²) in [6.07, 6.45) is 1.96. The van der Waals surface area contributed by atoms with Crippen molar-refractivity contribution < 1.29 is 14.3 Å². The van der Waals surface area contributed by atoms with Crippen LogP contribution in [-0.4, -0.2) is 43.7 Å². The molecule has 5 heteroatoms. The van der Waals surface area contributed by atoms with Gasteiger partial charge in [-0.2, -0.15) is 0 Å². The van der Waals surface area contributed by atoms with Gasteiger partial charge in [-0.1, -0.05) is 11.6 Å². The Bertz CT molecular complexity index is 449. The van der Waals surface area contributed by atoms with Crippen LogP contribution < -0.4 is 4.74 Å². The maximum atomic E-state index is 11.8.